The number of hydrogen-bond donors (Lipinski definition) is 2. The molecule has 1 heterocycles. The first kappa shape index (κ1) is 15.3. The number of hydrogen-bond acceptors (Lipinski definition) is 5. The minimum Gasteiger partial charge on any atom is -0.481 e. The van der Waals surface area contributed by atoms with Crippen LogP contribution in [0.1, 0.15) is 5.56 Å². The summed E-state index contributed by atoms with van der Waals surface area (Å²) in [7, 11) is -0.325. The lowest BCUT2D eigenvalue weighted by Gasteiger charge is -2.09. The van der Waals surface area contributed by atoms with Gasteiger partial charge in [-0.25, -0.2) is 13.4 Å². The van der Waals surface area contributed by atoms with Gasteiger partial charge in [-0.2, -0.15) is 0 Å². The standard InChI is InChI=1S/C14H17N3O3S/c1-15-9-11-4-3-5-13(8-11)21(18,19)17-12-6-7-14(20-2)16-10-12/h3-8,10,15,17H,9H2,1-2H3. The second kappa shape index (κ2) is 6.55. The minimum atomic E-state index is -3.63. The normalized spacial score (nSPS) is 11.1. The second-order valence-corrected chi connectivity index (χ2v) is 6.05. The third-order valence-corrected chi connectivity index (χ3v) is 4.17. The molecule has 0 aliphatic heterocycles. The fourth-order valence-electron chi connectivity index (χ4n) is 1.80. The van der Waals surface area contributed by atoms with Crippen LogP contribution in [0.25, 0.3) is 0 Å². The van der Waals surface area contributed by atoms with Crippen molar-refractivity contribution in [3.05, 3.63) is 48.2 Å². The molecule has 0 unspecified atom stereocenters. The molecule has 21 heavy (non-hydrogen) atoms. The SMILES string of the molecule is CNCc1cccc(S(=O)(=O)Nc2ccc(OC)nc2)c1. The van der Waals surface area contributed by atoms with Crippen LogP contribution in [0.3, 0.4) is 0 Å². The highest BCUT2D eigenvalue weighted by atomic mass is 32.2. The Labute approximate surface area is 124 Å². The fraction of sp³-hybridized carbons (Fsp3) is 0.214. The number of sulfonamides is 1. The van der Waals surface area contributed by atoms with Gasteiger partial charge in [0.1, 0.15) is 0 Å². The first-order valence-electron chi connectivity index (χ1n) is 6.31. The number of nitrogens with one attached hydrogen (secondary N) is 2. The van der Waals surface area contributed by atoms with E-state index in [0.29, 0.717) is 18.1 Å². The van der Waals surface area contributed by atoms with Crippen molar-refractivity contribution in [1.82, 2.24) is 10.3 Å². The van der Waals surface area contributed by atoms with Crippen molar-refractivity contribution in [2.75, 3.05) is 18.9 Å². The molecule has 6 nitrogen and oxygen atoms in total. The third-order valence-electron chi connectivity index (χ3n) is 2.79. The van der Waals surface area contributed by atoms with Gasteiger partial charge >= 0.3 is 0 Å². The van der Waals surface area contributed by atoms with E-state index in [1.54, 1.807) is 30.3 Å². The van der Waals surface area contributed by atoms with E-state index in [-0.39, 0.29) is 4.90 Å². The number of anilines is 1. The smallest absolute Gasteiger partial charge is 0.261 e. The molecule has 0 radical (unpaired) electrons. The Balaban J connectivity index is 2.22. The quantitative estimate of drug-likeness (QED) is 0.847. The van der Waals surface area contributed by atoms with E-state index in [4.69, 9.17) is 4.74 Å². The number of nitrogens with zero attached hydrogens (tertiary/aromatic N) is 1. The molecular weight excluding hydrogens is 290 g/mol. The number of methoxy groups -OCH3 is 1. The average molecular weight is 307 g/mol. The van der Waals surface area contributed by atoms with Crippen molar-refractivity contribution in [3.63, 3.8) is 0 Å². The van der Waals surface area contributed by atoms with Crippen molar-refractivity contribution >= 4 is 15.7 Å². The fourth-order valence-corrected chi connectivity index (χ4v) is 2.92. The van der Waals surface area contributed by atoms with Crippen LogP contribution in [-0.4, -0.2) is 27.6 Å². The molecule has 7 heteroatoms. The van der Waals surface area contributed by atoms with Crippen LogP contribution < -0.4 is 14.8 Å². The van der Waals surface area contributed by atoms with Crippen molar-refractivity contribution in [2.24, 2.45) is 0 Å². The maximum absolute atomic E-state index is 12.3. The third kappa shape index (κ3) is 3.93. The van der Waals surface area contributed by atoms with Gasteiger partial charge in [0, 0.05) is 12.6 Å². The summed E-state index contributed by atoms with van der Waals surface area (Å²) in [6.07, 6.45) is 1.41. The van der Waals surface area contributed by atoms with Crippen LogP contribution in [0.15, 0.2) is 47.5 Å². The van der Waals surface area contributed by atoms with Crippen LogP contribution >= 0.6 is 0 Å². The first-order valence-corrected chi connectivity index (χ1v) is 7.80. The Morgan fingerprint density at radius 3 is 2.67 bits per heavy atom. The molecule has 0 atom stereocenters. The lowest BCUT2D eigenvalue weighted by Crippen LogP contribution is -2.14. The Hall–Kier alpha value is -2.12. The van der Waals surface area contributed by atoms with Gasteiger partial charge in [0.05, 0.1) is 23.9 Å². The van der Waals surface area contributed by atoms with Gasteiger partial charge < -0.3 is 10.1 Å². The van der Waals surface area contributed by atoms with E-state index in [0.717, 1.165) is 5.56 Å². The van der Waals surface area contributed by atoms with Gasteiger partial charge in [-0.05, 0) is 30.8 Å². The van der Waals surface area contributed by atoms with Crippen molar-refractivity contribution in [1.29, 1.82) is 0 Å². The van der Waals surface area contributed by atoms with Crippen LogP contribution in [0.2, 0.25) is 0 Å². The maximum atomic E-state index is 12.3. The van der Waals surface area contributed by atoms with E-state index >= 15 is 0 Å². The van der Waals surface area contributed by atoms with Crippen LogP contribution in [0.4, 0.5) is 5.69 Å². The second-order valence-electron chi connectivity index (χ2n) is 4.37. The van der Waals surface area contributed by atoms with E-state index in [1.165, 1.54) is 13.3 Å². The molecule has 0 aliphatic carbocycles. The van der Waals surface area contributed by atoms with Gasteiger partial charge in [-0.15, -0.1) is 0 Å². The molecule has 0 saturated heterocycles. The Bertz CT molecular complexity index is 700. The summed E-state index contributed by atoms with van der Waals surface area (Å²) in [6.45, 7) is 0.605. The number of pyridine rings is 1. The molecule has 0 saturated carbocycles. The van der Waals surface area contributed by atoms with E-state index in [9.17, 15) is 8.42 Å². The van der Waals surface area contributed by atoms with Gasteiger partial charge in [-0.3, -0.25) is 4.72 Å². The summed E-state index contributed by atoms with van der Waals surface area (Å²) in [6, 6.07) is 9.96. The molecule has 1 aromatic carbocycles. The van der Waals surface area contributed by atoms with Gasteiger partial charge in [-0.1, -0.05) is 12.1 Å². The number of ether oxygens (including phenoxy) is 1. The molecule has 2 rings (SSSR count). The number of rotatable bonds is 6. The van der Waals surface area contributed by atoms with Crippen LogP contribution in [0, 0.1) is 0 Å². The summed E-state index contributed by atoms with van der Waals surface area (Å²) in [5.41, 5.74) is 1.28. The zero-order valence-corrected chi connectivity index (χ0v) is 12.6. The number of aromatic nitrogens is 1. The monoisotopic (exact) mass is 307 g/mol. The van der Waals surface area contributed by atoms with Gasteiger partial charge in [0.25, 0.3) is 10.0 Å². The summed E-state index contributed by atoms with van der Waals surface area (Å²) in [4.78, 5) is 4.18. The molecular formula is C14H17N3O3S. The summed E-state index contributed by atoms with van der Waals surface area (Å²) >= 11 is 0. The molecule has 2 aromatic rings. The molecule has 1 aromatic heterocycles. The lowest BCUT2D eigenvalue weighted by atomic mass is 10.2. The lowest BCUT2D eigenvalue weighted by molar-refractivity contribution is 0.398. The highest BCUT2D eigenvalue weighted by Crippen LogP contribution is 2.18. The zero-order valence-electron chi connectivity index (χ0n) is 11.8. The zero-order chi connectivity index (χ0) is 15.3. The summed E-state index contributed by atoms with van der Waals surface area (Å²) in [5.74, 6) is 0.425. The van der Waals surface area contributed by atoms with Crippen molar-refractivity contribution in [2.45, 2.75) is 11.4 Å². The predicted octanol–water partition coefficient (Wildman–Crippen LogP) is 1.61. The molecule has 0 amide bonds. The number of benzene rings is 1. The Morgan fingerprint density at radius 2 is 2.05 bits per heavy atom. The molecule has 0 bridgehead atoms. The maximum Gasteiger partial charge on any atom is 0.261 e. The van der Waals surface area contributed by atoms with Crippen LogP contribution in [0.5, 0.6) is 5.88 Å². The molecule has 0 fully saturated rings. The molecule has 0 spiro atoms. The molecule has 112 valence electrons. The largest absolute Gasteiger partial charge is 0.481 e. The van der Waals surface area contributed by atoms with Crippen molar-refractivity contribution in [3.8, 4) is 5.88 Å². The highest BCUT2D eigenvalue weighted by Gasteiger charge is 2.14. The van der Waals surface area contributed by atoms with E-state index in [1.807, 2.05) is 13.1 Å². The first-order chi connectivity index (χ1) is 10.0. The summed E-state index contributed by atoms with van der Waals surface area (Å²) < 4.78 is 32.1. The topological polar surface area (TPSA) is 80.3 Å². The Kier molecular flexibility index (Phi) is 4.77. The van der Waals surface area contributed by atoms with Crippen molar-refractivity contribution < 1.29 is 13.2 Å². The van der Waals surface area contributed by atoms with Crippen LogP contribution in [-0.2, 0) is 16.6 Å². The highest BCUT2D eigenvalue weighted by molar-refractivity contribution is 7.92. The average Bonchev–Trinajstić information content (AvgIpc) is 2.48. The van der Waals surface area contributed by atoms with E-state index < -0.39 is 10.0 Å². The van der Waals surface area contributed by atoms with Gasteiger partial charge in [0.2, 0.25) is 5.88 Å². The summed E-state index contributed by atoms with van der Waals surface area (Å²) in [5, 5.41) is 2.99. The molecule has 0 aliphatic rings. The minimum absolute atomic E-state index is 0.214. The van der Waals surface area contributed by atoms with Gasteiger partial charge in [0.15, 0.2) is 0 Å². The predicted molar refractivity (Wildman–Crippen MR) is 80.8 cm³/mol. The van der Waals surface area contributed by atoms with E-state index in [2.05, 4.69) is 15.0 Å². The molecule has 2 N–H and O–H groups in total. The Morgan fingerprint density at radius 1 is 1.24 bits per heavy atom.